The predicted octanol–water partition coefficient (Wildman–Crippen LogP) is 3.70. The van der Waals surface area contributed by atoms with Crippen molar-refractivity contribution in [3.05, 3.63) is 71.4 Å². The van der Waals surface area contributed by atoms with Crippen LogP contribution >= 0.6 is 0 Å². The number of primary amides is 1. The van der Waals surface area contributed by atoms with Gasteiger partial charge in [0.05, 0.1) is 5.92 Å². The highest BCUT2D eigenvalue weighted by molar-refractivity contribution is 6.00. The molecule has 2 aliphatic rings. The van der Waals surface area contributed by atoms with Crippen molar-refractivity contribution in [2.24, 2.45) is 5.73 Å². The van der Waals surface area contributed by atoms with Crippen LogP contribution in [-0.4, -0.2) is 17.4 Å². The van der Waals surface area contributed by atoms with Crippen LogP contribution in [0, 0.1) is 0 Å². The molecule has 2 aromatic carbocycles. The smallest absolute Gasteiger partial charge is 0.229 e. The van der Waals surface area contributed by atoms with Crippen LogP contribution < -0.4 is 11.1 Å². The number of aryl methyl sites for hydroxylation is 1. The van der Waals surface area contributed by atoms with Crippen molar-refractivity contribution < 1.29 is 4.79 Å². The Labute approximate surface area is 152 Å². The van der Waals surface area contributed by atoms with Crippen molar-refractivity contribution in [1.29, 1.82) is 0 Å². The summed E-state index contributed by atoms with van der Waals surface area (Å²) in [6, 6.07) is 16.4. The molecule has 0 saturated heterocycles. The third-order valence-corrected chi connectivity index (χ3v) is 5.43. The van der Waals surface area contributed by atoms with Crippen LogP contribution in [0.4, 0.5) is 5.82 Å². The Morgan fingerprint density at radius 2 is 1.88 bits per heavy atom. The minimum atomic E-state index is -0.381. The summed E-state index contributed by atoms with van der Waals surface area (Å²) in [7, 11) is 0. The van der Waals surface area contributed by atoms with Gasteiger partial charge in [-0.3, -0.25) is 4.79 Å². The van der Waals surface area contributed by atoms with Gasteiger partial charge in [0.1, 0.15) is 5.82 Å². The SMILES string of the molecule is NC(=O)[C@@H]1c2ccccc2-c2c(-c3cnc4c(c3)CCCN4)cccc21. The van der Waals surface area contributed by atoms with E-state index in [1.54, 1.807) is 0 Å². The van der Waals surface area contributed by atoms with Crippen molar-refractivity contribution in [3.63, 3.8) is 0 Å². The number of rotatable bonds is 2. The highest BCUT2D eigenvalue weighted by atomic mass is 16.1. The largest absolute Gasteiger partial charge is 0.370 e. The number of nitrogens with one attached hydrogen (secondary N) is 1. The van der Waals surface area contributed by atoms with E-state index in [-0.39, 0.29) is 11.8 Å². The van der Waals surface area contributed by atoms with Gasteiger partial charge in [-0.2, -0.15) is 0 Å². The average molecular weight is 341 g/mol. The Kier molecular flexibility index (Phi) is 3.32. The van der Waals surface area contributed by atoms with E-state index >= 15 is 0 Å². The van der Waals surface area contributed by atoms with Crippen LogP contribution in [-0.2, 0) is 11.2 Å². The van der Waals surface area contributed by atoms with E-state index in [9.17, 15) is 4.79 Å². The lowest BCUT2D eigenvalue weighted by Gasteiger charge is -2.18. The number of nitrogens with two attached hydrogens (primary N) is 1. The molecule has 0 spiro atoms. The zero-order valence-corrected chi connectivity index (χ0v) is 14.3. The van der Waals surface area contributed by atoms with Gasteiger partial charge in [-0.15, -0.1) is 0 Å². The Hall–Kier alpha value is -3.14. The van der Waals surface area contributed by atoms with E-state index in [0.717, 1.165) is 58.6 Å². The molecule has 1 amide bonds. The molecule has 0 bridgehead atoms. The van der Waals surface area contributed by atoms with Gasteiger partial charge in [-0.1, -0.05) is 42.5 Å². The summed E-state index contributed by atoms with van der Waals surface area (Å²) in [6.07, 6.45) is 4.09. The first-order valence-electron chi connectivity index (χ1n) is 8.99. The fraction of sp³-hybridized carbons (Fsp3) is 0.182. The lowest BCUT2D eigenvalue weighted by atomic mass is 9.92. The first-order valence-corrected chi connectivity index (χ1v) is 8.99. The van der Waals surface area contributed by atoms with Crippen molar-refractivity contribution in [1.82, 2.24) is 4.98 Å². The fourth-order valence-electron chi connectivity index (χ4n) is 4.30. The molecule has 26 heavy (non-hydrogen) atoms. The third kappa shape index (κ3) is 2.15. The first kappa shape index (κ1) is 15.1. The topological polar surface area (TPSA) is 68.0 Å². The van der Waals surface area contributed by atoms with Crippen LogP contribution in [0.1, 0.15) is 29.0 Å². The molecule has 1 atom stereocenters. The van der Waals surface area contributed by atoms with E-state index < -0.39 is 0 Å². The van der Waals surface area contributed by atoms with Crippen LogP contribution in [0.25, 0.3) is 22.3 Å². The Morgan fingerprint density at radius 3 is 2.77 bits per heavy atom. The number of carbonyl (C=O) groups excluding carboxylic acids is 1. The number of amides is 1. The van der Waals surface area contributed by atoms with Crippen molar-refractivity contribution in [2.45, 2.75) is 18.8 Å². The number of nitrogens with zero attached hydrogens (tertiary/aromatic N) is 1. The third-order valence-electron chi connectivity index (χ3n) is 5.43. The molecule has 128 valence electrons. The van der Waals surface area contributed by atoms with E-state index in [1.807, 2.05) is 36.5 Å². The van der Waals surface area contributed by atoms with E-state index in [4.69, 9.17) is 5.73 Å². The van der Waals surface area contributed by atoms with Gasteiger partial charge in [0, 0.05) is 18.3 Å². The number of aromatic nitrogens is 1. The second-order valence-corrected chi connectivity index (χ2v) is 6.95. The summed E-state index contributed by atoms with van der Waals surface area (Å²) < 4.78 is 0. The maximum Gasteiger partial charge on any atom is 0.229 e. The maximum atomic E-state index is 12.2. The van der Waals surface area contributed by atoms with Gasteiger partial charge < -0.3 is 11.1 Å². The molecular formula is C22H19N3O. The van der Waals surface area contributed by atoms with E-state index in [2.05, 4.69) is 28.5 Å². The quantitative estimate of drug-likeness (QED) is 0.747. The van der Waals surface area contributed by atoms with Crippen LogP contribution in [0.3, 0.4) is 0 Å². The second kappa shape index (κ2) is 5.70. The minimum absolute atomic E-state index is 0.305. The number of hydrogen-bond acceptors (Lipinski definition) is 3. The molecule has 0 unspecified atom stereocenters. The van der Waals surface area contributed by atoms with Gasteiger partial charge in [0.25, 0.3) is 0 Å². The van der Waals surface area contributed by atoms with E-state index in [0.29, 0.717) is 0 Å². The molecular weight excluding hydrogens is 322 g/mol. The molecule has 0 fully saturated rings. The fourth-order valence-corrected chi connectivity index (χ4v) is 4.30. The monoisotopic (exact) mass is 341 g/mol. The van der Waals surface area contributed by atoms with Crippen molar-refractivity contribution in [2.75, 3.05) is 11.9 Å². The molecule has 1 aliphatic heterocycles. The molecule has 3 aromatic rings. The molecule has 2 heterocycles. The molecule has 1 aliphatic carbocycles. The summed E-state index contributed by atoms with van der Waals surface area (Å²) in [5, 5.41) is 3.36. The Morgan fingerprint density at radius 1 is 1.08 bits per heavy atom. The molecule has 5 rings (SSSR count). The Balaban J connectivity index is 1.74. The number of anilines is 1. The molecule has 4 heteroatoms. The van der Waals surface area contributed by atoms with Gasteiger partial charge in [-0.05, 0) is 52.3 Å². The van der Waals surface area contributed by atoms with Crippen molar-refractivity contribution >= 4 is 11.7 Å². The van der Waals surface area contributed by atoms with Crippen LogP contribution in [0.2, 0.25) is 0 Å². The molecule has 0 saturated carbocycles. The number of carbonyl (C=O) groups is 1. The molecule has 1 aromatic heterocycles. The average Bonchev–Trinajstić information content (AvgIpc) is 3.02. The summed E-state index contributed by atoms with van der Waals surface area (Å²) in [5.41, 5.74) is 13.4. The van der Waals surface area contributed by atoms with Crippen LogP contribution in [0.15, 0.2) is 54.7 Å². The zero-order chi connectivity index (χ0) is 17.7. The lowest BCUT2D eigenvalue weighted by Crippen LogP contribution is -2.20. The van der Waals surface area contributed by atoms with Gasteiger partial charge in [-0.25, -0.2) is 4.98 Å². The summed E-state index contributed by atoms with van der Waals surface area (Å²) in [6.45, 7) is 0.980. The van der Waals surface area contributed by atoms with Gasteiger partial charge in [0.2, 0.25) is 5.91 Å². The van der Waals surface area contributed by atoms with Crippen LogP contribution in [0.5, 0.6) is 0 Å². The number of benzene rings is 2. The summed E-state index contributed by atoms with van der Waals surface area (Å²) in [5.74, 6) is 0.303. The predicted molar refractivity (Wildman–Crippen MR) is 103 cm³/mol. The molecule has 3 N–H and O–H groups in total. The number of fused-ring (bicyclic) bond motifs is 4. The van der Waals surface area contributed by atoms with Gasteiger partial charge >= 0.3 is 0 Å². The normalized spacial score (nSPS) is 17.0. The Bertz CT molecular complexity index is 1040. The zero-order valence-electron chi connectivity index (χ0n) is 14.3. The molecule has 0 radical (unpaired) electrons. The number of pyridine rings is 1. The lowest BCUT2D eigenvalue weighted by molar-refractivity contribution is -0.118. The minimum Gasteiger partial charge on any atom is -0.370 e. The molecule has 4 nitrogen and oxygen atoms in total. The highest BCUT2D eigenvalue weighted by Crippen LogP contribution is 2.48. The summed E-state index contributed by atoms with van der Waals surface area (Å²) in [4.78, 5) is 16.8. The van der Waals surface area contributed by atoms with Crippen molar-refractivity contribution in [3.8, 4) is 22.3 Å². The van der Waals surface area contributed by atoms with E-state index in [1.165, 1.54) is 5.56 Å². The second-order valence-electron chi connectivity index (χ2n) is 6.95. The first-order chi connectivity index (χ1) is 12.7. The van der Waals surface area contributed by atoms with Gasteiger partial charge in [0.15, 0.2) is 0 Å². The number of hydrogen-bond donors (Lipinski definition) is 2. The maximum absolute atomic E-state index is 12.2. The summed E-state index contributed by atoms with van der Waals surface area (Å²) >= 11 is 0. The highest BCUT2D eigenvalue weighted by Gasteiger charge is 2.34. The standard InChI is InChI=1S/C22H19N3O/c23-21(26)20-17-7-2-1-6-16(17)19-15(8-3-9-18(19)20)14-11-13-5-4-10-24-22(13)25-12-14/h1-3,6-9,11-12,20H,4-5,10H2,(H2,23,26)(H,24,25)/t20-/m1/s1.